The summed E-state index contributed by atoms with van der Waals surface area (Å²) in [6.45, 7) is 2.80. The van der Waals surface area contributed by atoms with E-state index in [1.165, 1.54) is 23.8 Å². The molecule has 0 atom stereocenters. The van der Waals surface area contributed by atoms with Crippen LogP contribution in [0.3, 0.4) is 0 Å². The number of aromatic nitrogens is 4. The largest absolute Gasteiger partial charge is 0.465 e. The van der Waals surface area contributed by atoms with Gasteiger partial charge in [0.2, 0.25) is 5.95 Å². The molecule has 0 fully saturated rings. The van der Waals surface area contributed by atoms with Crippen LogP contribution in [-0.4, -0.2) is 52.4 Å². The van der Waals surface area contributed by atoms with E-state index in [1.54, 1.807) is 13.2 Å². The number of benzene rings is 5. The molecule has 0 saturated heterocycles. The Bertz CT molecular complexity index is 2170. The molecular formula is C43H43N5O3. The van der Waals surface area contributed by atoms with Gasteiger partial charge in [0.25, 0.3) is 0 Å². The highest BCUT2D eigenvalue weighted by Crippen LogP contribution is 2.35. The summed E-state index contributed by atoms with van der Waals surface area (Å²) in [5.74, 6) is 1.48. The van der Waals surface area contributed by atoms with Crippen LogP contribution in [0.15, 0.2) is 127 Å². The van der Waals surface area contributed by atoms with E-state index in [9.17, 15) is 4.79 Å². The number of nitrogens with one attached hydrogen (secondary N) is 1. The Kier molecular flexibility index (Phi) is 10.5. The summed E-state index contributed by atoms with van der Waals surface area (Å²) < 4.78 is 15.0. The molecule has 2 aromatic heterocycles. The third-order valence-corrected chi connectivity index (χ3v) is 9.49. The number of imidazole rings is 2. The summed E-state index contributed by atoms with van der Waals surface area (Å²) in [5, 5.41) is 3.70. The predicted molar refractivity (Wildman–Crippen MR) is 204 cm³/mol. The number of hydrogen-bond donors (Lipinski definition) is 1. The van der Waals surface area contributed by atoms with Crippen LogP contribution < -0.4 is 5.32 Å². The number of esters is 1. The molecule has 0 aliphatic heterocycles. The summed E-state index contributed by atoms with van der Waals surface area (Å²) in [4.78, 5) is 22.8. The van der Waals surface area contributed by atoms with Crippen molar-refractivity contribution >= 4 is 34.0 Å². The second-order valence-corrected chi connectivity index (χ2v) is 12.7. The topological polar surface area (TPSA) is 83.2 Å². The van der Waals surface area contributed by atoms with Crippen LogP contribution in [0, 0.1) is 0 Å². The van der Waals surface area contributed by atoms with Crippen molar-refractivity contribution in [2.75, 3.05) is 32.7 Å². The van der Waals surface area contributed by atoms with Crippen LogP contribution >= 0.6 is 0 Å². The van der Waals surface area contributed by atoms with Gasteiger partial charge in [-0.15, -0.1) is 0 Å². The summed E-state index contributed by atoms with van der Waals surface area (Å²) in [5.41, 5.74) is 8.92. The van der Waals surface area contributed by atoms with Gasteiger partial charge in [0, 0.05) is 44.8 Å². The summed E-state index contributed by atoms with van der Waals surface area (Å²) in [6, 6.07) is 43.9. The zero-order chi connectivity index (χ0) is 35.0. The van der Waals surface area contributed by atoms with Crippen LogP contribution in [0.1, 0.15) is 45.8 Å². The lowest BCUT2D eigenvalue weighted by Crippen LogP contribution is -2.13. The molecule has 0 aliphatic carbocycles. The van der Waals surface area contributed by atoms with Gasteiger partial charge in [-0.1, -0.05) is 97.1 Å². The highest BCUT2D eigenvalue weighted by atomic mass is 16.5. The minimum absolute atomic E-state index is 0.199. The number of fused-ring (bicyclic) bond motifs is 2. The fourth-order valence-electron chi connectivity index (χ4n) is 7.01. The molecule has 258 valence electrons. The molecule has 0 saturated carbocycles. The van der Waals surface area contributed by atoms with Crippen molar-refractivity contribution in [3.63, 3.8) is 0 Å². The maximum absolute atomic E-state index is 12.5. The van der Waals surface area contributed by atoms with Crippen LogP contribution in [0.2, 0.25) is 0 Å². The number of rotatable bonds is 15. The van der Waals surface area contributed by atoms with E-state index < -0.39 is 0 Å². The molecule has 8 heteroatoms. The smallest absolute Gasteiger partial charge is 0.337 e. The number of ether oxygens (including phenoxy) is 2. The second kappa shape index (κ2) is 15.9. The molecule has 0 radical (unpaired) electrons. The third kappa shape index (κ3) is 7.42. The predicted octanol–water partition coefficient (Wildman–Crippen LogP) is 8.75. The molecule has 0 unspecified atom stereocenters. The minimum atomic E-state index is -0.384. The van der Waals surface area contributed by atoms with E-state index in [1.807, 2.05) is 18.2 Å². The van der Waals surface area contributed by atoms with Crippen molar-refractivity contribution in [2.24, 2.45) is 0 Å². The van der Waals surface area contributed by atoms with E-state index in [2.05, 4.69) is 118 Å². The molecule has 0 bridgehead atoms. The molecule has 51 heavy (non-hydrogen) atoms. The summed E-state index contributed by atoms with van der Waals surface area (Å²) in [7, 11) is 3.12. The number of hydrogen-bond acceptors (Lipinski definition) is 6. The first-order valence-corrected chi connectivity index (χ1v) is 17.6. The fourth-order valence-corrected chi connectivity index (χ4v) is 7.01. The Labute approximate surface area is 298 Å². The van der Waals surface area contributed by atoms with E-state index in [0.29, 0.717) is 18.7 Å². The second-order valence-electron chi connectivity index (χ2n) is 12.7. The van der Waals surface area contributed by atoms with Crippen molar-refractivity contribution in [1.82, 2.24) is 19.1 Å². The number of aryl methyl sites for hydroxylation is 2. The first-order chi connectivity index (χ1) is 25.1. The fraction of sp³-hybridized carbons (Fsp3) is 0.233. The SMILES string of the molecule is COCCCn1c(-c2cccc3nc(NCCc4ccccc4)n(CCC(c4ccccc4)c4ccccc4)c23)nc2cc(C(=O)OC)ccc21. The van der Waals surface area contributed by atoms with Crippen LogP contribution in [0.5, 0.6) is 0 Å². The van der Waals surface area contributed by atoms with Crippen molar-refractivity contribution in [3.8, 4) is 11.4 Å². The first kappa shape index (κ1) is 33.8. The van der Waals surface area contributed by atoms with E-state index >= 15 is 0 Å². The van der Waals surface area contributed by atoms with E-state index in [4.69, 9.17) is 19.4 Å². The van der Waals surface area contributed by atoms with Gasteiger partial charge < -0.3 is 23.9 Å². The van der Waals surface area contributed by atoms with Crippen LogP contribution in [-0.2, 0) is 29.0 Å². The third-order valence-electron chi connectivity index (χ3n) is 9.49. The molecule has 2 heterocycles. The molecule has 1 N–H and O–H groups in total. The summed E-state index contributed by atoms with van der Waals surface area (Å²) in [6.07, 6.45) is 2.56. The molecule has 5 aromatic carbocycles. The molecular weight excluding hydrogens is 635 g/mol. The number of methoxy groups -OCH3 is 2. The Hall–Kier alpha value is -5.73. The Morgan fingerprint density at radius 1 is 0.745 bits per heavy atom. The van der Waals surface area contributed by atoms with Crippen molar-refractivity contribution in [3.05, 3.63) is 150 Å². The number of anilines is 1. The zero-order valence-corrected chi connectivity index (χ0v) is 29.2. The molecule has 0 spiro atoms. The Morgan fingerprint density at radius 3 is 2.14 bits per heavy atom. The monoisotopic (exact) mass is 677 g/mol. The number of para-hydroxylation sites is 1. The molecule has 7 aromatic rings. The minimum Gasteiger partial charge on any atom is -0.465 e. The molecule has 8 nitrogen and oxygen atoms in total. The van der Waals surface area contributed by atoms with Crippen LogP contribution in [0.4, 0.5) is 5.95 Å². The van der Waals surface area contributed by atoms with E-state index in [0.717, 1.165) is 71.8 Å². The number of carbonyl (C=O) groups excluding carboxylic acids is 1. The first-order valence-electron chi connectivity index (χ1n) is 17.6. The molecule has 7 rings (SSSR count). The average molecular weight is 678 g/mol. The average Bonchev–Trinajstić information content (AvgIpc) is 3.73. The van der Waals surface area contributed by atoms with Gasteiger partial charge in [0.1, 0.15) is 5.82 Å². The van der Waals surface area contributed by atoms with Crippen molar-refractivity contribution in [2.45, 2.75) is 38.3 Å². The van der Waals surface area contributed by atoms with Gasteiger partial charge in [-0.3, -0.25) is 0 Å². The number of nitrogens with zero attached hydrogens (tertiary/aromatic N) is 4. The lowest BCUT2D eigenvalue weighted by atomic mass is 9.88. The summed E-state index contributed by atoms with van der Waals surface area (Å²) >= 11 is 0. The van der Waals surface area contributed by atoms with E-state index in [-0.39, 0.29) is 11.9 Å². The molecule has 0 amide bonds. The van der Waals surface area contributed by atoms with Gasteiger partial charge in [0.15, 0.2) is 0 Å². The van der Waals surface area contributed by atoms with Gasteiger partial charge in [-0.05, 0) is 66.3 Å². The van der Waals surface area contributed by atoms with Crippen molar-refractivity contribution in [1.29, 1.82) is 0 Å². The van der Waals surface area contributed by atoms with Gasteiger partial charge in [-0.2, -0.15) is 0 Å². The lowest BCUT2D eigenvalue weighted by Gasteiger charge is -2.20. The quantitative estimate of drug-likeness (QED) is 0.0863. The Balaban J connectivity index is 1.34. The van der Waals surface area contributed by atoms with Gasteiger partial charge in [0.05, 0.1) is 34.7 Å². The highest BCUT2D eigenvalue weighted by molar-refractivity contribution is 5.97. The zero-order valence-electron chi connectivity index (χ0n) is 29.2. The van der Waals surface area contributed by atoms with Gasteiger partial charge >= 0.3 is 5.97 Å². The number of carbonyl (C=O) groups is 1. The standard InChI is InChI=1S/C43H43N5O3/c1-50-29-13-27-47-39-23-22-34(42(49)51-2)30-38(39)45-41(47)36-20-12-21-37-40(36)48(43(46-37)44-26-24-31-14-6-3-7-15-31)28-25-35(32-16-8-4-9-17-32)33-18-10-5-11-19-33/h3-12,14-23,30,35H,13,24-29H2,1-2H3,(H,44,46). The Morgan fingerprint density at radius 2 is 1.45 bits per heavy atom. The van der Waals surface area contributed by atoms with Gasteiger partial charge in [-0.25, -0.2) is 14.8 Å². The maximum Gasteiger partial charge on any atom is 0.337 e. The van der Waals surface area contributed by atoms with Crippen LogP contribution in [0.25, 0.3) is 33.5 Å². The molecule has 0 aliphatic rings. The highest BCUT2D eigenvalue weighted by Gasteiger charge is 2.22. The lowest BCUT2D eigenvalue weighted by molar-refractivity contribution is 0.0601. The van der Waals surface area contributed by atoms with Crippen molar-refractivity contribution < 1.29 is 14.3 Å². The maximum atomic E-state index is 12.5. The normalized spacial score (nSPS) is 11.4.